The van der Waals surface area contributed by atoms with Crippen molar-refractivity contribution in [2.24, 2.45) is 16.8 Å². The van der Waals surface area contributed by atoms with Crippen LogP contribution in [0.15, 0.2) is 136 Å². The van der Waals surface area contributed by atoms with E-state index in [4.69, 9.17) is 9.73 Å². The molecule has 2 aliphatic heterocycles. The highest BCUT2D eigenvalue weighted by molar-refractivity contribution is 7.07. The molecule has 3 atom stereocenters. The fraction of sp³-hybridized carbons (Fsp3) is 0.178. The summed E-state index contributed by atoms with van der Waals surface area (Å²) in [6.45, 7) is 3.61. The SMILES string of the molecule is CCOC(=O)C1=C(C)N=c2s/c(=C/C34c5ccccc5C(c5ccccc53)[C@@H]3C(=O)N(c5ccc([N+](=O)[O-])cc5)C(=O)[C@H]34)c(=O)n2[C@@H]1c1cccc2ccccc12. The highest BCUT2D eigenvalue weighted by atomic mass is 32.1. The Balaban J connectivity index is 1.25. The maximum atomic E-state index is 15.2. The lowest BCUT2D eigenvalue weighted by Gasteiger charge is -2.53. The average Bonchev–Trinajstić information content (AvgIpc) is 3.68. The number of carbonyl (C=O) groups is 3. The summed E-state index contributed by atoms with van der Waals surface area (Å²) in [6, 6.07) is 33.7. The van der Waals surface area contributed by atoms with Crippen LogP contribution in [0.2, 0.25) is 0 Å². The van der Waals surface area contributed by atoms with E-state index in [0.717, 1.165) is 43.5 Å². The summed E-state index contributed by atoms with van der Waals surface area (Å²) in [5.41, 5.74) is 3.26. The van der Waals surface area contributed by atoms with Crippen LogP contribution in [0.3, 0.4) is 0 Å². The Morgan fingerprint density at radius 1 is 0.860 bits per heavy atom. The number of anilines is 1. The Kier molecular flexibility index (Phi) is 7.68. The van der Waals surface area contributed by atoms with E-state index in [9.17, 15) is 19.7 Å². The fourth-order valence-corrected chi connectivity index (χ4v) is 10.9. The molecule has 6 aromatic rings. The molecule has 5 aliphatic rings. The van der Waals surface area contributed by atoms with E-state index >= 15 is 9.59 Å². The van der Waals surface area contributed by atoms with Crippen LogP contribution in [0.1, 0.15) is 53.6 Å². The van der Waals surface area contributed by atoms with E-state index < -0.39 is 57.5 Å². The van der Waals surface area contributed by atoms with Gasteiger partial charge in [-0.2, -0.15) is 0 Å². The summed E-state index contributed by atoms with van der Waals surface area (Å²) in [4.78, 5) is 76.1. The molecule has 0 radical (unpaired) electrons. The zero-order chi connectivity index (χ0) is 39.3. The quantitative estimate of drug-likeness (QED) is 0.0868. The molecule has 11 rings (SSSR count). The van der Waals surface area contributed by atoms with Gasteiger partial charge < -0.3 is 4.74 Å². The van der Waals surface area contributed by atoms with Gasteiger partial charge in [-0.15, -0.1) is 0 Å². The van der Waals surface area contributed by atoms with E-state index in [1.165, 1.54) is 35.6 Å². The van der Waals surface area contributed by atoms with Gasteiger partial charge in [-0.25, -0.2) is 14.7 Å². The summed E-state index contributed by atoms with van der Waals surface area (Å²) in [6.07, 6.45) is 1.86. The number of non-ortho nitro benzene ring substituents is 1. The van der Waals surface area contributed by atoms with Crippen LogP contribution < -0.4 is 19.8 Å². The standard InChI is InChI=1S/C45H32N4O7S/c1-3-56-43(53)35-24(2)46-44-48(39(35)29-16-10-12-25-11-4-5-13-28(25)29)40(50)34(57-44)23-45-32-17-8-6-14-30(32)36(31-15-7-9-18-33(31)45)37-38(45)42(52)47(41(37)51)26-19-21-27(22-20-26)49(54)55/h4-23,36-39H,3H2,1-2H3/b34-23+/t36?,37-,38-,39+,45?/m0/s1. The van der Waals surface area contributed by atoms with Crippen LogP contribution in [0.5, 0.6) is 0 Å². The van der Waals surface area contributed by atoms with Gasteiger partial charge in [-0.1, -0.05) is 102 Å². The Hall–Kier alpha value is -6.79. The predicted molar refractivity (Wildman–Crippen MR) is 213 cm³/mol. The number of nitro benzene ring substituents is 1. The minimum Gasteiger partial charge on any atom is -0.463 e. The number of esters is 1. The zero-order valence-electron chi connectivity index (χ0n) is 30.6. The topological polar surface area (TPSA) is 141 Å². The molecule has 0 saturated carbocycles. The summed E-state index contributed by atoms with van der Waals surface area (Å²) in [5, 5.41) is 13.3. The molecular weight excluding hydrogens is 741 g/mol. The first kappa shape index (κ1) is 34.7. The van der Waals surface area contributed by atoms with Crippen molar-refractivity contribution in [3.63, 3.8) is 0 Å². The number of nitrogens with zero attached hydrogens (tertiary/aromatic N) is 4. The van der Waals surface area contributed by atoms with Crippen molar-refractivity contribution in [2.75, 3.05) is 11.5 Å². The summed E-state index contributed by atoms with van der Waals surface area (Å²) >= 11 is 1.18. The first-order valence-corrected chi connectivity index (χ1v) is 19.5. The van der Waals surface area contributed by atoms with Gasteiger partial charge in [0.15, 0.2) is 4.80 Å². The molecule has 3 aliphatic carbocycles. The van der Waals surface area contributed by atoms with Gasteiger partial charge >= 0.3 is 5.97 Å². The number of allylic oxidation sites excluding steroid dienone is 1. The van der Waals surface area contributed by atoms with Crippen LogP contribution in [-0.2, 0) is 24.5 Å². The van der Waals surface area contributed by atoms with E-state index in [-0.39, 0.29) is 23.6 Å². The fourth-order valence-electron chi connectivity index (χ4n) is 9.84. The Morgan fingerprint density at radius 2 is 1.49 bits per heavy atom. The third-order valence-electron chi connectivity index (χ3n) is 12.0. The normalized spacial score (nSPS) is 23.2. The zero-order valence-corrected chi connectivity index (χ0v) is 31.4. The first-order chi connectivity index (χ1) is 27.6. The molecule has 11 nitrogen and oxygen atoms in total. The second-order valence-corrected chi connectivity index (χ2v) is 15.7. The first-order valence-electron chi connectivity index (χ1n) is 18.6. The molecule has 2 amide bonds. The second kappa shape index (κ2) is 12.6. The van der Waals surface area contributed by atoms with Crippen LogP contribution >= 0.6 is 11.3 Å². The summed E-state index contributed by atoms with van der Waals surface area (Å²) < 4.78 is 7.42. The molecule has 0 unspecified atom stereocenters. The Morgan fingerprint density at radius 3 is 2.18 bits per heavy atom. The number of aromatic nitrogens is 1. The van der Waals surface area contributed by atoms with Crippen molar-refractivity contribution in [3.8, 4) is 0 Å². The molecule has 0 N–H and O–H groups in total. The summed E-state index contributed by atoms with van der Waals surface area (Å²) in [7, 11) is 0. The highest BCUT2D eigenvalue weighted by Crippen LogP contribution is 2.65. The molecule has 280 valence electrons. The Labute approximate surface area is 328 Å². The van der Waals surface area contributed by atoms with Gasteiger partial charge in [-0.3, -0.25) is 29.1 Å². The third kappa shape index (κ3) is 4.73. The largest absolute Gasteiger partial charge is 0.463 e. The third-order valence-corrected chi connectivity index (χ3v) is 13.0. The molecule has 2 bridgehead atoms. The Bertz CT molecular complexity index is 2950. The van der Waals surface area contributed by atoms with Crippen molar-refractivity contribution in [1.29, 1.82) is 0 Å². The molecule has 1 aromatic heterocycles. The number of amides is 2. The van der Waals surface area contributed by atoms with Gasteiger partial charge in [0, 0.05) is 18.1 Å². The van der Waals surface area contributed by atoms with Crippen molar-refractivity contribution < 1.29 is 24.0 Å². The number of ether oxygens (including phenoxy) is 1. The van der Waals surface area contributed by atoms with Crippen molar-refractivity contribution in [3.05, 3.63) is 184 Å². The molecule has 1 fully saturated rings. The number of carbonyl (C=O) groups excluding carboxylic acids is 3. The lowest BCUT2D eigenvalue weighted by atomic mass is 9.47. The van der Waals surface area contributed by atoms with E-state index in [1.807, 2.05) is 97.1 Å². The maximum Gasteiger partial charge on any atom is 0.338 e. The number of hydrogen-bond donors (Lipinski definition) is 0. The van der Waals surface area contributed by atoms with Gasteiger partial charge in [0.1, 0.15) is 0 Å². The lowest BCUT2D eigenvalue weighted by molar-refractivity contribution is -0.384. The van der Waals surface area contributed by atoms with E-state index in [0.29, 0.717) is 15.0 Å². The average molecular weight is 773 g/mol. The van der Waals surface area contributed by atoms with Crippen LogP contribution in [-0.4, -0.2) is 33.9 Å². The highest BCUT2D eigenvalue weighted by Gasteiger charge is 2.67. The van der Waals surface area contributed by atoms with Gasteiger partial charge in [-0.05, 0) is 70.6 Å². The maximum absolute atomic E-state index is 15.2. The predicted octanol–water partition coefficient (Wildman–Crippen LogP) is 6.06. The molecule has 5 aromatic carbocycles. The second-order valence-electron chi connectivity index (χ2n) is 14.7. The number of benzene rings is 5. The summed E-state index contributed by atoms with van der Waals surface area (Å²) in [5.74, 6) is -3.64. The molecule has 57 heavy (non-hydrogen) atoms. The minimum absolute atomic E-state index is 0.136. The molecule has 3 heterocycles. The number of nitro groups is 1. The van der Waals surface area contributed by atoms with Crippen molar-refractivity contribution >= 4 is 57.3 Å². The van der Waals surface area contributed by atoms with Gasteiger partial charge in [0.25, 0.3) is 11.2 Å². The number of rotatable bonds is 6. The van der Waals surface area contributed by atoms with Crippen molar-refractivity contribution in [2.45, 2.75) is 31.2 Å². The molecule has 1 saturated heterocycles. The van der Waals surface area contributed by atoms with Crippen LogP contribution in [0.4, 0.5) is 11.4 Å². The van der Waals surface area contributed by atoms with E-state index in [1.54, 1.807) is 18.4 Å². The number of hydrogen-bond acceptors (Lipinski definition) is 9. The number of fused-ring (bicyclic) bond motifs is 2. The van der Waals surface area contributed by atoms with Gasteiger partial charge in [0.05, 0.1) is 56.3 Å². The van der Waals surface area contributed by atoms with Crippen LogP contribution in [0, 0.1) is 22.0 Å². The minimum atomic E-state index is -1.27. The molecular formula is C45H32N4O7S. The van der Waals surface area contributed by atoms with Crippen LogP contribution in [0.25, 0.3) is 16.8 Å². The molecule has 0 spiro atoms. The van der Waals surface area contributed by atoms with Crippen molar-refractivity contribution in [1.82, 2.24) is 4.57 Å². The number of imide groups is 1. The van der Waals surface area contributed by atoms with Gasteiger partial charge in [0.2, 0.25) is 11.8 Å². The monoisotopic (exact) mass is 772 g/mol. The smallest absolute Gasteiger partial charge is 0.338 e. The lowest BCUT2D eigenvalue weighted by Crippen LogP contribution is -2.53. The number of thiazole rings is 1. The van der Waals surface area contributed by atoms with E-state index in [2.05, 4.69) is 0 Å². The molecule has 12 heteroatoms.